The van der Waals surface area contributed by atoms with E-state index >= 15 is 0 Å². The van der Waals surface area contributed by atoms with Gasteiger partial charge in [-0.05, 0) is 44.9 Å². The summed E-state index contributed by atoms with van der Waals surface area (Å²) < 4.78 is 35.6. The van der Waals surface area contributed by atoms with Gasteiger partial charge in [-0.15, -0.1) is 0 Å². The Balaban J connectivity index is 1.91. The minimum absolute atomic E-state index is 0.0340. The molecule has 1 aliphatic rings. The molecule has 1 unspecified atom stereocenters. The molecule has 0 bridgehead atoms. The van der Waals surface area contributed by atoms with E-state index in [4.69, 9.17) is 21.1 Å². The number of ether oxygens (including phenoxy) is 2. The fourth-order valence-corrected chi connectivity index (χ4v) is 4.19. The number of halogens is 1. The van der Waals surface area contributed by atoms with Gasteiger partial charge >= 0.3 is 5.97 Å². The lowest BCUT2D eigenvalue weighted by atomic mass is 9.98. The molecule has 0 saturated carbocycles. The highest BCUT2D eigenvalue weighted by Gasteiger charge is 2.32. The van der Waals surface area contributed by atoms with Crippen molar-refractivity contribution in [1.82, 2.24) is 4.31 Å². The largest absolute Gasteiger partial charge is 0.495 e. The van der Waals surface area contributed by atoms with Crippen LogP contribution in [0.4, 0.5) is 5.69 Å². The number of amides is 1. The third-order valence-corrected chi connectivity index (χ3v) is 6.74. The van der Waals surface area contributed by atoms with E-state index in [9.17, 15) is 18.0 Å². The maximum Gasteiger partial charge on any atom is 0.309 e. The molecular weight excluding hydrogens is 408 g/mol. The number of esters is 1. The summed E-state index contributed by atoms with van der Waals surface area (Å²) >= 11 is 5.94. The van der Waals surface area contributed by atoms with Crippen LogP contribution in [0.1, 0.15) is 26.7 Å². The van der Waals surface area contributed by atoms with Crippen LogP contribution in [0.25, 0.3) is 0 Å². The van der Waals surface area contributed by atoms with Gasteiger partial charge in [0.2, 0.25) is 10.0 Å². The first-order chi connectivity index (χ1) is 13.2. The number of hydrogen-bond acceptors (Lipinski definition) is 6. The van der Waals surface area contributed by atoms with Gasteiger partial charge in [-0.3, -0.25) is 9.59 Å². The van der Waals surface area contributed by atoms with Gasteiger partial charge in [0, 0.05) is 18.1 Å². The fourth-order valence-electron chi connectivity index (χ4n) is 2.89. The second-order valence-electron chi connectivity index (χ2n) is 6.49. The number of anilines is 1. The van der Waals surface area contributed by atoms with Crippen LogP contribution < -0.4 is 10.1 Å². The van der Waals surface area contributed by atoms with E-state index in [-0.39, 0.29) is 18.8 Å². The summed E-state index contributed by atoms with van der Waals surface area (Å²) in [6, 6.07) is 4.79. The Hall–Kier alpha value is -1.84. The number of carbonyl (C=O) groups is 2. The van der Waals surface area contributed by atoms with Crippen LogP contribution in [0.15, 0.2) is 18.2 Å². The third-order valence-electron chi connectivity index (χ3n) is 4.63. The highest BCUT2D eigenvalue weighted by molar-refractivity contribution is 7.89. The van der Waals surface area contributed by atoms with Crippen LogP contribution in [0, 0.1) is 5.92 Å². The van der Waals surface area contributed by atoms with Crippen molar-refractivity contribution in [2.75, 3.05) is 31.3 Å². The maximum atomic E-state index is 12.4. The van der Waals surface area contributed by atoms with Crippen molar-refractivity contribution in [2.45, 2.75) is 32.8 Å². The van der Waals surface area contributed by atoms with E-state index in [2.05, 4.69) is 5.32 Å². The van der Waals surface area contributed by atoms with E-state index in [0.717, 1.165) is 0 Å². The topological polar surface area (TPSA) is 102 Å². The number of nitrogens with zero attached hydrogens (tertiary/aromatic N) is 1. The number of carbonyl (C=O) groups excluding carboxylic acids is 2. The Morgan fingerprint density at radius 3 is 2.54 bits per heavy atom. The maximum absolute atomic E-state index is 12.4. The minimum Gasteiger partial charge on any atom is -0.495 e. The van der Waals surface area contributed by atoms with E-state index in [0.29, 0.717) is 29.3 Å². The van der Waals surface area contributed by atoms with Crippen molar-refractivity contribution < 1.29 is 27.5 Å². The molecule has 1 fully saturated rings. The molecule has 10 heteroatoms. The average molecular weight is 433 g/mol. The molecule has 0 aliphatic carbocycles. The molecule has 0 aromatic heterocycles. The molecule has 8 nitrogen and oxygen atoms in total. The molecule has 28 heavy (non-hydrogen) atoms. The molecular formula is C18H25ClN2O6S. The van der Waals surface area contributed by atoms with E-state index < -0.39 is 33.9 Å². The van der Waals surface area contributed by atoms with Crippen LogP contribution in [-0.4, -0.2) is 56.7 Å². The van der Waals surface area contributed by atoms with E-state index in [1.165, 1.54) is 24.4 Å². The summed E-state index contributed by atoms with van der Waals surface area (Å²) in [6.45, 7) is 3.61. The Bertz CT molecular complexity index is 821. The quantitative estimate of drug-likeness (QED) is 0.663. The van der Waals surface area contributed by atoms with Gasteiger partial charge < -0.3 is 14.8 Å². The third kappa shape index (κ3) is 5.59. The Morgan fingerprint density at radius 1 is 1.32 bits per heavy atom. The smallest absolute Gasteiger partial charge is 0.309 e. The zero-order chi connectivity index (χ0) is 20.9. The molecule has 1 N–H and O–H groups in total. The molecule has 156 valence electrons. The number of rotatable bonds is 7. The standard InChI is InChI=1S/C18H25ClN2O6S/c1-4-28(24,25)21-9-7-13(8-10-21)18(23)27-12(2)17(22)20-15-11-14(19)5-6-16(15)26-3/h5-6,11-13H,4,7-10H2,1-3H3,(H,20,22). The fraction of sp³-hybridized carbons (Fsp3) is 0.556. The summed E-state index contributed by atoms with van der Waals surface area (Å²) in [5, 5.41) is 3.06. The number of benzene rings is 1. The van der Waals surface area contributed by atoms with Crippen molar-refractivity contribution in [1.29, 1.82) is 0 Å². The number of nitrogens with one attached hydrogen (secondary N) is 1. The van der Waals surface area contributed by atoms with Gasteiger partial charge in [-0.1, -0.05) is 11.6 Å². The Morgan fingerprint density at radius 2 is 1.96 bits per heavy atom. The molecule has 0 spiro atoms. The lowest BCUT2D eigenvalue weighted by Gasteiger charge is -2.30. The average Bonchev–Trinajstić information content (AvgIpc) is 2.68. The summed E-state index contributed by atoms with van der Waals surface area (Å²) in [6.07, 6.45) is -0.281. The van der Waals surface area contributed by atoms with Gasteiger partial charge in [0.15, 0.2) is 6.10 Å². The molecule has 2 rings (SSSR count). The van der Waals surface area contributed by atoms with E-state index in [1.807, 2.05) is 0 Å². The monoisotopic (exact) mass is 432 g/mol. The van der Waals surface area contributed by atoms with Gasteiger partial charge in [0.05, 0.1) is 24.5 Å². The second kappa shape index (κ2) is 9.58. The molecule has 1 aromatic carbocycles. The van der Waals surface area contributed by atoms with Crippen molar-refractivity contribution in [3.63, 3.8) is 0 Å². The molecule has 0 radical (unpaired) electrons. The number of sulfonamides is 1. The van der Waals surface area contributed by atoms with Crippen LogP contribution in [0.5, 0.6) is 5.75 Å². The lowest BCUT2D eigenvalue weighted by molar-refractivity contribution is -0.158. The highest BCUT2D eigenvalue weighted by Crippen LogP contribution is 2.28. The summed E-state index contributed by atoms with van der Waals surface area (Å²) in [4.78, 5) is 24.7. The number of hydrogen-bond donors (Lipinski definition) is 1. The number of methoxy groups -OCH3 is 1. The van der Waals surface area contributed by atoms with Gasteiger partial charge in [-0.25, -0.2) is 12.7 Å². The van der Waals surface area contributed by atoms with Crippen LogP contribution in [0.2, 0.25) is 5.02 Å². The van der Waals surface area contributed by atoms with Crippen LogP contribution in [-0.2, 0) is 24.3 Å². The predicted octanol–water partition coefficient (Wildman–Crippen LogP) is 2.28. The second-order valence-corrected chi connectivity index (χ2v) is 9.18. The van der Waals surface area contributed by atoms with Crippen molar-refractivity contribution in [3.8, 4) is 5.75 Å². The zero-order valence-electron chi connectivity index (χ0n) is 16.1. The normalized spacial score (nSPS) is 17.0. The molecule has 1 atom stereocenters. The Labute approximate surface area is 170 Å². The highest BCUT2D eigenvalue weighted by atomic mass is 35.5. The van der Waals surface area contributed by atoms with Gasteiger partial charge in [-0.2, -0.15) is 0 Å². The summed E-state index contributed by atoms with van der Waals surface area (Å²) in [7, 11) is -1.79. The molecule has 1 amide bonds. The molecule has 1 heterocycles. The van der Waals surface area contributed by atoms with Crippen molar-refractivity contribution in [2.24, 2.45) is 5.92 Å². The number of piperidine rings is 1. The van der Waals surface area contributed by atoms with Crippen molar-refractivity contribution >= 4 is 39.2 Å². The predicted molar refractivity (Wildman–Crippen MR) is 106 cm³/mol. The summed E-state index contributed by atoms with van der Waals surface area (Å²) in [5.41, 5.74) is 0.376. The van der Waals surface area contributed by atoms with Gasteiger partial charge in [0.25, 0.3) is 5.91 Å². The first-order valence-corrected chi connectivity index (χ1v) is 11.0. The minimum atomic E-state index is -3.26. The van der Waals surface area contributed by atoms with E-state index in [1.54, 1.807) is 19.1 Å². The molecule has 1 aromatic rings. The van der Waals surface area contributed by atoms with Crippen molar-refractivity contribution in [3.05, 3.63) is 23.2 Å². The zero-order valence-corrected chi connectivity index (χ0v) is 17.7. The van der Waals surface area contributed by atoms with Crippen LogP contribution >= 0.6 is 11.6 Å². The molecule has 1 aliphatic heterocycles. The molecule has 1 saturated heterocycles. The van der Waals surface area contributed by atoms with Crippen LogP contribution in [0.3, 0.4) is 0 Å². The Kier molecular flexibility index (Phi) is 7.68. The SMILES string of the molecule is CCS(=O)(=O)N1CCC(C(=O)OC(C)C(=O)Nc2cc(Cl)ccc2OC)CC1. The summed E-state index contributed by atoms with van der Waals surface area (Å²) in [5.74, 6) is -0.985. The first-order valence-electron chi connectivity index (χ1n) is 9.00. The van der Waals surface area contributed by atoms with Gasteiger partial charge in [0.1, 0.15) is 5.75 Å². The lowest BCUT2D eigenvalue weighted by Crippen LogP contribution is -2.42. The first kappa shape index (κ1) is 22.4.